The van der Waals surface area contributed by atoms with Gasteiger partial charge in [0.05, 0.1) is 6.07 Å². The normalized spacial score (nSPS) is 12.5. The van der Waals surface area contributed by atoms with Crippen LogP contribution in [0.5, 0.6) is 0 Å². The Bertz CT molecular complexity index is 290. The van der Waals surface area contributed by atoms with Gasteiger partial charge in [-0.05, 0) is 20.1 Å². The molecule has 0 amide bonds. The molecule has 0 saturated carbocycles. The molecule has 0 aliphatic rings. The minimum absolute atomic E-state index is 0.136. The lowest BCUT2D eigenvalue weighted by Crippen LogP contribution is -2.37. The molecule has 0 aliphatic heterocycles. The summed E-state index contributed by atoms with van der Waals surface area (Å²) in [6, 6.07) is 1.60. The molecule has 13 heavy (non-hydrogen) atoms. The number of rotatable bonds is 5. The van der Waals surface area contributed by atoms with E-state index in [1.807, 2.05) is 20.1 Å². The van der Waals surface area contributed by atoms with Gasteiger partial charge in [-0.3, -0.25) is 0 Å². The number of nitrogens with one attached hydrogen (secondary N) is 1. The van der Waals surface area contributed by atoms with E-state index >= 15 is 0 Å². The van der Waals surface area contributed by atoms with E-state index in [1.54, 1.807) is 17.8 Å². The molecule has 0 bridgehead atoms. The Balaban J connectivity index is 4.12. The van der Waals surface area contributed by atoms with Crippen LogP contribution in [0.4, 0.5) is 0 Å². The molecule has 0 saturated heterocycles. The van der Waals surface area contributed by atoms with Crippen LogP contribution in [-0.2, 0) is 10.0 Å². The van der Waals surface area contributed by atoms with Crippen LogP contribution in [0.3, 0.4) is 0 Å². The van der Waals surface area contributed by atoms with Gasteiger partial charge in [0.15, 0.2) is 5.75 Å². The highest BCUT2D eigenvalue weighted by Gasteiger charge is 2.19. The van der Waals surface area contributed by atoms with E-state index in [9.17, 15) is 8.42 Å². The average Bonchev–Trinajstić information content (AvgIpc) is 2.02. The van der Waals surface area contributed by atoms with Crippen LogP contribution in [0.25, 0.3) is 0 Å². The zero-order valence-corrected chi connectivity index (χ0v) is 9.63. The zero-order chi connectivity index (χ0) is 10.5. The molecule has 0 heterocycles. The highest BCUT2D eigenvalue weighted by Crippen LogP contribution is 2.19. The Kier molecular flexibility index (Phi) is 4.75. The fraction of sp³-hybridized carbons (Fsp3) is 0.857. The summed E-state index contributed by atoms with van der Waals surface area (Å²) in [5.41, 5.74) is 0. The van der Waals surface area contributed by atoms with Crippen LogP contribution >= 0.6 is 11.8 Å². The molecule has 0 aromatic rings. The van der Waals surface area contributed by atoms with Crippen molar-refractivity contribution in [3.63, 3.8) is 0 Å². The van der Waals surface area contributed by atoms with Gasteiger partial charge < -0.3 is 0 Å². The van der Waals surface area contributed by atoms with Crippen molar-refractivity contribution in [3.05, 3.63) is 0 Å². The van der Waals surface area contributed by atoms with Crippen LogP contribution < -0.4 is 4.72 Å². The third-order valence-electron chi connectivity index (χ3n) is 1.52. The SMILES string of the molecule is CSC(C)(C)CNS(=O)(=O)CC#N. The number of sulfonamides is 1. The minimum atomic E-state index is -3.40. The fourth-order valence-electron chi connectivity index (χ4n) is 0.492. The van der Waals surface area contributed by atoms with E-state index in [-0.39, 0.29) is 4.75 Å². The lowest BCUT2D eigenvalue weighted by Gasteiger charge is -2.21. The largest absolute Gasteiger partial charge is 0.225 e. The predicted octanol–water partition coefficient (Wildman–Crippen LogP) is 0.571. The Morgan fingerprint density at radius 1 is 1.54 bits per heavy atom. The molecule has 0 radical (unpaired) electrons. The van der Waals surface area contributed by atoms with Gasteiger partial charge in [0.1, 0.15) is 0 Å². The van der Waals surface area contributed by atoms with E-state index in [0.29, 0.717) is 6.54 Å². The van der Waals surface area contributed by atoms with Crippen molar-refractivity contribution in [2.24, 2.45) is 0 Å². The van der Waals surface area contributed by atoms with Crippen molar-refractivity contribution in [3.8, 4) is 6.07 Å². The molecule has 0 unspecified atom stereocenters. The molecule has 0 spiro atoms. The number of thioether (sulfide) groups is 1. The molecular weight excluding hydrogens is 208 g/mol. The second-order valence-electron chi connectivity index (χ2n) is 3.20. The highest BCUT2D eigenvalue weighted by atomic mass is 32.2. The molecule has 1 N–H and O–H groups in total. The maximum atomic E-state index is 11.1. The summed E-state index contributed by atoms with van der Waals surface area (Å²) in [5, 5.41) is 8.21. The monoisotopic (exact) mass is 222 g/mol. The second-order valence-corrected chi connectivity index (χ2v) is 6.52. The first-order valence-electron chi connectivity index (χ1n) is 3.72. The van der Waals surface area contributed by atoms with Gasteiger partial charge in [-0.1, -0.05) is 0 Å². The molecule has 6 heteroatoms. The molecule has 0 aromatic heterocycles. The topological polar surface area (TPSA) is 70.0 Å². The summed E-state index contributed by atoms with van der Waals surface area (Å²) < 4.78 is 24.3. The molecule has 0 rings (SSSR count). The van der Waals surface area contributed by atoms with E-state index < -0.39 is 15.8 Å². The van der Waals surface area contributed by atoms with Crippen molar-refractivity contribution >= 4 is 21.8 Å². The summed E-state index contributed by atoms with van der Waals surface area (Å²) >= 11 is 1.58. The third kappa shape index (κ3) is 5.91. The number of nitriles is 1. The zero-order valence-electron chi connectivity index (χ0n) is 7.99. The fourth-order valence-corrected chi connectivity index (χ4v) is 1.65. The molecule has 0 fully saturated rings. The van der Waals surface area contributed by atoms with Crippen LogP contribution in [-0.4, -0.2) is 31.7 Å². The van der Waals surface area contributed by atoms with Gasteiger partial charge in [-0.2, -0.15) is 17.0 Å². The van der Waals surface area contributed by atoms with E-state index in [1.165, 1.54) is 0 Å². The first-order chi connectivity index (χ1) is 5.83. The van der Waals surface area contributed by atoms with Gasteiger partial charge in [0.2, 0.25) is 10.0 Å². The van der Waals surface area contributed by atoms with Crippen molar-refractivity contribution in [2.45, 2.75) is 18.6 Å². The molecule has 0 aromatic carbocycles. The average molecular weight is 222 g/mol. The molecule has 76 valence electrons. The Morgan fingerprint density at radius 2 is 2.08 bits per heavy atom. The summed E-state index contributed by atoms with van der Waals surface area (Å²) in [4.78, 5) is 0. The number of nitrogens with zero attached hydrogens (tertiary/aromatic N) is 1. The third-order valence-corrected chi connectivity index (χ3v) is 3.87. The second kappa shape index (κ2) is 4.84. The quantitative estimate of drug-likeness (QED) is 0.738. The Hall–Kier alpha value is -0.250. The first-order valence-corrected chi connectivity index (χ1v) is 6.60. The highest BCUT2D eigenvalue weighted by molar-refractivity contribution is 8.00. The van der Waals surface area contributed by atoms with Gasteiger partial charge in [-0.25, -0.2) is 13.1 Å². The van der Waals surface area contributed by atoms with Crippen molar-refractivity contribution in [1.82, 2.24) is 4.72 Å². The van der Waals surface area contributed by atoms with Gasteiger partial charge in [0, 0.05) is 11.3 Å². The van der Waals surface area contributed by atoms with Crippen LogP contribution in [0.1, 0.15) is 13.8 Å². The van der Waals surface area contributed by atoms with Gasteiger partial charge in [0.25, 0.3) is 0 Å². The predicted molar refractivity (Wildman–Crippen MR) is 55.0 cm³/mol. The molecular formula is C7H14N2O2S2. The standard InChI is InChI=1S/C7H14N2O2S2/c1-7(2,12-3)6-9-13(10,11)5-4-8/h9H,5-6H2,1-3H3. The van der Waals surface area contributed by atoms with Crippen molar-refractivity contribution < 1.29 is 8.42 Å². The summed E-state index contributed by atoms with van der Waals surface area (Å²) in [7, 11) is -3.40. The molecule has 0 atom stereocenters. The van der Waals surface area contributed by atoms with E-state index in [2.05, 4.69) is 4.72 Å². The number of hydrogen-bond acceptors (Lipinski definition) is 4. The maximum Gasteiger partial charge on any atom is 0.225 e. The van der Waals surface area contributed by atoms with Gasteiger partial charge >= 0.3 is 0 Å². The van der Waals surface area contributed by atoms with Crippen molar-refractivity contribution in [2.75, 3.05) is 18.6 Å². The van der Waals surface area contributed by atoms with Crippen molar-refractivity contribution in [1.29, 1.82) is 5.26 Å². The smallest absolute Gasteiger partial charge is 0.213 e. The first kappa shape index (κ1) is 12.8. The van der Waals surface area contributed by atoms with Gasteiger partial charge in [-0.15, -0.1) is 0 Å². The van der Waals surface area contributed by atoms with Crippen LogP contribution in [0.15, 0.2) is 0 Å². The minimum Gasteiger partial charge on any atom is -0.213 e. The lowest BCUT2D eigenvalue weighted by atomic mass is 10.2. The Labute approximate surface area is 83.8 Å². The molecule has 4 nitrogen and oxygen atoms in total. The van der Waals surface area contributed by atoms with E-state index in [0.717, 1.165) is 0 Å². The van der Waals surface area contributed by atoms with E-state index in [4.69, 9.17) is 5.26 Å². The van der Waals surface area contributed by atoms with Crippen LogP contribution in [0, 0.1) is 11.3 Å². The molecule has 0 aliphatic carbocycles. The maximum absolute atomic E-state index is 11.1. The van der Waals surface area contributed by atoms with Crippen LogP contribution in [0.2, 0.25) is 0 Å². The Morgan fingerprint density at radius 3 is 2.46 bits per heavy atom. The lowest BCUT2D eigenvalue weighted by molar-refractivity contribution is 0.574. The summed E-state index contributed by atoms with van der Waals surface area (Å²) in [5.74, 6) is -0.475. The summed E-state index contributed by atoms with van der Waals surface area (Å²) in [6.45, 7) is 4.22. The summed E-state index contributed by atoms with van der Waals surface area (Å²) in [6.07, 6.45) is 1.92. The number of hydrogen-bond donors (Lipinski definition) is 1.